The number of carbonyl (C=O) groups is 1. The van der Waals surface area contributed by atoms with Crippen molar-refractivity contribution >= 4 is 17.5 Å². The first-order valence-electron chi connectivity index (χ1n) is 5.38. The lowest BCUT2D eigenvalue weighted by molar-refractivity contribution is -0.123. The minimum Gasteiger partial charge on any atom is -0.484 e. The third kappa shape index (κ3) is 5.98. The summed E-state index contributed by atoms with van der Waals surface area (Å²) in [5.74, 6) is 0.322. The molecule has 1 N–H and O–H groups in total. The molecule has 7 heteroatoms. The summed E-state index contributed by atoms with van der Waals surface area (Å²) in [6, 6.07) is 6.83. The van der Waals surface area contributed by atoms with E-state index in [0.717, 1.165) is 0 Å². The zero-order chi connectivity index (χ0) is 13.2. The second-order valence-electron chi connectivity index (χ2n) is 3.40. The number of amides is 1. The zero-order valence-corrected chi connectivity index (χ0v) is 10.4. The van der Waals surface area contributed by atoms with Gasteiger partial charge in [0.15, 0.2) is 6.61 Å². The summed E-state index contributed by atoms with van der Waals surface area (Å²) in [4.78, 5) is 14.0. The van der Waals surface area contributed by atoms with Gasteiger partial charge in [-0.15, -0.1) is 0 Å². The minimum absolute atomic E-state index is 0.0676. The van der Waals surface area contributed by atoms with E-state index in [9.17, 15) is 4.79 Å². The van der Waals surface area contributed by atoms with Crippen molar-refractivity contribution in [3.8, 4) is 5.75 Å². The maximum absolute atomic E-state index is 11.4. The molecule has 1 rings (SSSR count). The van der Waals surface area contributed by atoms with Gasteiger partial charge < -0.3 is 10.1 Å². The van der Waals surface area contributed by atoms with Gasteiger partial charge in [0, 0.05) is 23.0 Å². The fraction of sp³-hybridized carbons (Fsp3) is 0.364. The standard InChI is InChI=1S/C11H13ClN4O2/c12-9-3-1-4-10(7-9)18-8-11(17)14-5-2-6-15-16-13/h1,3-4,7H,2,5-6,8H2,(H,14,17). The maximum atomic E-state index is 11.4. The van der Waals surface area contributed by atoms with Gasteiger partial charge in [-0.3, -0.25) is 4.79 Å². The Hall–Kier alpha value is -1.91. The average Bonchev–Trinajstić information content (AvgIpc) is 2.36. The van der Waals surface area contributed by atoms with Crippen LogP contribution in [0, 0.1) is 0 Å². The average molecular weight is 269 g/mol. The van der Waals surface area contributed by atoms with E-state index >= 15 is 0 Å². The topological polar surface area (TPSA) is 87.1 Å². The number of halogens is 1. The summed E-state index contributed by atoms with van der Waals surface area (Å²) in [6.07, 6.45) is 0.604. The highest BCUT2D eigenvalue weighted by atomic mass is 35.5. The molecule has 0 unspecified atom stereocenters. The van der Waals surface area contributed by atoms with Crippen LogP contribution in [0.2, 0.25) is 5.02 Å². The molecule has 0 saturated carbocycles. The van der Waals surface area contributed by atoms with Crippen LogP contribution in [-0.4, -0.2) is 25.6 Å². The van der Waals surface area contributed by atoms with Gasteiger partial charge >= 0.3 is 0 Å². The number of hydrogen-bond acceptors (Lipinski definition) is 3. The van der Waals surface area contributed by atoms with Crippen LogP contribution in [0.4, 0.5) is 0 Å². The van der Waals surface area contributed by atoms with Gasteiger partial charge in [0.1, 0.15) is 5.75 Å². The number of ether oxygens (including phenoxy) is 1. The molecular formula is C11H13ClN4O2. The third-order valence-electron chi connectivity index (χ3n) is 1.99. The van der Waals surface area contributed by atoms with Gasteiger partial charge in [0.25, 0.3) is 5.91 Å². The van der Waals surface area contributed by atoms with Crippen molar-refractivity contribution in [1.29, 1.82) is 0 Å². The SMILES string of the molecule is [N-]=[N+]=NCCCNC(=O)COc1cccc(Cl)c1. The van der Waals surface area contributed by atoms with E-state index in [2.05, 4.69) is 15.3 Å². The Balaban J connectivity index is 2.19. The smallest absolute Gasteiger partial charge is 0.257 e. The number of hydrogen-bond donors (Lipinski definition) is 1. The molecule has 0 aliphatic rings. The predicted molar refractivity (Wildman–Crippen MR) is 68.6 cm³/mol. The molecule has 0 aromatic heterocycles. The lowest BCUT2D eigenvalue weighted by Crippen LogP contribution is -2.29. The quantitative estimate of drug-likeness (QED) is 0.356. The summed E-state index contributed by atoms with van der Waals surface area (Å²) in [6.45, 7) is 0.755. The van der Waals surface area contributed by atoms with E-state index in [1.807, 2.05) is 0 Å². The Labute approximate surface area is 110 Å². The Morgan fingerprint density at radius 1 is 1.56 bits per heavy atom. The molecular weight excluding hydrogens is 256 g/mol. The second-order valence-corrected chi connectivity index (χ2v) is 3.84. The molecule has 1 aromatic rings. The third-order valence-corrected chi connectivity index (χ3v) is 2.22. The summed E-state index contributed by atoms with van der Waals surface area (Å²) in [5, 5.41) is 6.56. The molecule has 0 heterocycles. The predicted octanol–water partition coefficient (Wildman–Crippen LogP) is 2.54. The number of nitrogens with one attached hydrogen (secondary N) is 1. The van der Waals surface area contributed by atoms with E-state index in [1.165, 1.54) is 0 Å². The lowest BCUT2D eigenvalue weighted by atomic mass is 10.3. The summed E-state index contributed by atoms with van der Waals surface area (Å²) in [5.41, 5.74) is 8.05. The van der Waals surface area contributed by atoms with E-state index in [0.29, 0.717) is 30.3 Å². The number of benzene rings is 1. The van der Waals surface area contributed by atoms with Crippen molar-refractivity contribution in [2.45, 2.75) is 6.42 Å². The molecule has 0 aliphatic heterocycles. The molecule has 0 saturated heterocycles. The van der Waals surface area contributed by atoms with Crippen LogP contribution in [-0.2, 0) is 4.79 Å². The number of rotatable bonds is 7. The number of nitrogens with zero attached hydrogens (tertiary/aromatic N) is 3. The van der Waals surface area contributed by atoms with E-state index in [4.69, 9.17) is 21.9 Å². The monoisotopic (exact) mass is 268 g/mol. The first-order chi connectivity index (χ1) is 8.72. The first-order valence-corrected chi connectivity index (χ1v) is 5.76. The van der Waals surface area contributed by atoms with Gasteiger partial charge in [-0.05, 0) is 30.2 Å². The number of carbonyl (C=O) groups excluding carboxylic acids is 1. The fourth-order valence-corrected chi connectivity index (χ4v) is 1.36. The van der Waals surface area contributed by atoms with Crippen LogP contribution in [0.15, 0.2) is 29.4 Å². The van der Waals surface area contributed by atoms with Crippen LogP contribution in [0.1, 0.15) is 6.42 Å². The highest BCUT2D eigenvalue weighted by Gasteiger charge is 2.02. The van der Waals surface area contributed by atoms with Crippen molar-refractivity contribution in [3.05, 3.63) is 39.7 Å². The van der Waals surface area contributed by atoms with Crippen LogP contribution < -0.4 is 10.1 Å². The van der Waals surface area contributed by atoms with Crippen molar-refractivity contribution in [3.63, 3.8) is 0 Å². The highest BCUT2D eigenvalue weighted by molar-refractivity contribution is 6.30. The van der Waals surface area contributed by atoms with Gasteiger partial charge in [0.2, 0.25) is 0 Å². The van der Waals surface area contributed by atoms with Crippen LogP contribution in [0.5, 0.6) is 5.75 Å². The minimum atomic E-state index is -0.226. The molecule has 0 bridgehead atoms. The van der Waals surface area contributed by atoms with Crippen molar-refractivity contribution in [1.82, 2.24) is 5.32 Å². The molecule has 0 radical (unpaired) electrons. The molecule has 0 spiro atoms. The molecule has 96 valence electrons. The maximum Gasteiger partial charge on any atom is 0.257 e. The Kier molecular flexibility index (Phi) is 6.46. The van der Waals surface area contributed by atoms with Gasteiger partial charge in [-0.2, -0.15) is 0 Å². The second kappa shape index (κ2) is 8.22. The Morgan fingerprint density at radius 3 is 3.11 bits per heavy atom. The summed E-state index contributed by atoms with van der Waals surface area (Å²) < 4.78 is 5.25. The number of azide groups is 1. The van der Waals surface area contributed by atoms with E-state index in [-0.39, 0.29) is 12.5 Å². The normalized spacial score (nSPS) is 9.39. The largest absolute Gasteiger partial charge is 0.484 e. The Morgan fingerprint density at radius 2 is 2.39 bits per heavy atom. The van der Waals surface area contributed by atoms with Gasteiger partial charge in [-0.25, -0.2) is 0 Å². The lowest BCUT2D eigenvalue weighted by Gasteiger charge is -2.07. The van der Waals surface area contributed by atoms with Gasteiger partial charge in [-0.1, -0.05) is 22.8 Å². The Bertz CT molecular complexity index is 446. The van der Waals surface area contributed by atoms with Crippen LogP contribution in [0.3, 0.4) is 0 Å². The van der Waals surface area contributed by atoms with Crippen LogP contribution >= 0.6 is 11.6 Å². The zero-order valence-electron chi connectivity index (χ0n) is 9.67. The molecule has 0 fully saturated rings. The van der Waals surface area contributed by atoms with Crippen molar-refractivity contribution < 1.29 is 9.53 Å². The van der Waals surface area contributed by atoms with E-state index in [1.54, 1.807) is 24.3 Å². The van der Waals surface area contributed by atoms with Crippen molar-refractivity contribution in [2.75, 3.05) is 19.7 Å². The van der Waals surface area contributed by atoms with E-state index < -0.39 is 0 Å². The fourth-order valence-electron chi connectivity index (χ4n) is 1.18. The molecule has 0 aliphatic carbocycles. The molecule has 18 heavy (non-hydrogen) atoms. The van der Waals surface area contributed by atoms with Gasteiger partial charge in [0.05, 0.1) is 0 Å². The van der Waals surface area contributed by atoms with Crippen molar-refractivity contribution in [2.24, 2.45) is 5.11 Å². The molecule has 1 amide bonds. The summed E-state index contributed by atoms with van der Waals surface area (Å²) >= 11 is 5.77. The summed E-state index contributed by atoms with van der Waals surface area (Å²) in [7, 11) is 0. The first kappa shape index (κ1) is 14.2. The molecule has 1 aromatic carbocycles. The highest BCUT2D eigenvalue weighted by Crippen LogP contribution is 2.16. The molecule has 6 nitrogen and oxygen atoms in total. The van der Waals surface area contributed by atoms with Crippen LogP contribution in [0.25, 0.3) is 10.4 Å². The molecule has 0 atom stereocenters.